The van der Waals surface area contributed by atoms with Gasteiger partial charge in [0.25, 0.3) is 0 Å². The first-order chi connectivity index (χ1) is 9.60. The highest BCUT2D eigenvalue weighted by atomic mass is 16.6. The molecule has 0 radical (unpaired) electrons. The third-order valence-corrected chi connectivity index (χ3v) is 3.29. The van der Waals surface area contributed by atoms with Gasteiger partial charge >= 0.3 is 0 Å². The number of carbonyl (C=O) groups is 1. The number of aryl methyl sites for hydroxylation is 1. The Morgan fingerprint density at radius 1 is 1.45 bits per heavy atom. The zero-order valence-corrected chi connectivity index (χ0v) is 12.1. The Kier molecular flexibility index (Phi) is 4.74. The van der Waals surface area contributed by atoms with E-state index < -0.39 is 0 Å². The van der Waals surface area contributed by atoms with Crippen molar-refractivity contribution in [1.82, 2.24) is 4.90 Å². The van der Waals surface area contributed by atoms with Crippen molar-refractivity contribution in [2.75, 3.05) is 27.3 Å². The Morgan fingerprint density at radius 2 is 2.15 bits per heavy atom. The summed E-state index contributed by atoms with van der Waals surface area (Å²) in [6.45, 7) is 2.66. The zero-order valence-electron chi connectivity index (χ0n) is 12.1. The lowest BCUT2D eigenvalue weighted by Crippen LogP contribution is -2.36. The van der Waals surface area contributed by atoms with Crippen LogP contribution in [0.3, 0.4) is 0 Å². The fourth-order valence-corrected chi connectivity index (χ4v) is 2.08. The van der Waals surface area contributed by atoms with Crippen molar-refractivity contribution in [3.8, 4) is 0 Å². The van der Waals surface area contributed by atoms with Crippen LogP contribution in [0.25, 0.3) is 0 Å². The molecule has 20 heavy (non-hydrogen) atoms. The lowest BCUT2D eigenvalue weighted by molar-refractivity contribution is -0.135. The molecule has 1 aliphatic rings. The molecule has 0 N–H and O–H groups in total. The molecule has 5 heteroatoms. The van der Waals surface area contributed by atoms with Gasteiger partial charge in [0.05, 0.1) is 12.3 Å². The molecule has 1 aliphatic heterocycles. The molecule has 1 aromatic carbocycles. The van der Waals surface area contributed by atoms with E-state index in [1.165, 1.54) is 12.7 Å². The molecule has 1 heterocycles. The number of rotatable bonds is 5. The number of nitrogens with zero attached hydrogens (tertiary/aromatic N) is 2. The highest BCUT2D eigenvalue weighted by Crippen LogP contribution is 2.17. The van der Waals surface area contributed by atoms with Crippen LogP contribution in [0.4, 0.5) is 0 Å². The van der Waals surface area contributed by atoms with Crippen molar-refractivity contribution in [3.05, 3.63) is 35.4 Å². The Morgan fingerprint density at radius 3 is 2.80 bits per heavy atom. The minimum absolute atomic E-state index is 0.0557. The summed E-state index contributed by atoms with van der Waals surface area (Å²) >= 11 is 0. The molecule has 0 fully saturated rings. The van der Waals surface area contributed by atoms with Gasteiger partial charge in [0.2, 0.25) is 5.91 Å². The maximum absolute atomic E-state index is 11.6. The zero-order chi connectivity index (χ0) is 14.5. The van der Waals surface area contributed by atoms with Crippen LogP contribution in [0, 0.1) is 6.92 Å². The Hall–Kier alpha value is -1.88. The van der Waals surface area contributed by atoms with E-state index in [4.69, 9.17) is 9.57 Å². The van der Waals surface area contributed by atoms with Gasteiger partial charge in [-0.3, -0.25) is 4.79 Å². The first-order valence-electron chi connectivity index (χ1n) is 6.62. The van der Waals surface area contributed by atoms with Gasteiger partial charge in [0, 0.05) is 20.6 Å². The second-order valence-electron chi connectivity index (χ2n) is 5.04. The summed E-state index contributed by atoms with van der Waals surface area (Å²) < 4.78 is 4.83. The fraction of sp³-hybridized carbons (Fsp3) is 0.467. The monoisotopic (exact) mass is 276 g/mol. The summed E-state index contributed by atoms with van der Waals surface area (Å²) in [6, 6.07) is 8.19. The number of amides is 1. The first-order valence-corrected chi connectivity index (χ1v) is 6.62. The maximum atomic E-state index is 11.6. The van der Waals surface area contributed by atoms with Gasteiger partial charge < -0.3 is 14.5 Å². The number of benzene rings is 1. The van der Waals surface area contributed by atoms with Gasteiger partial charge in [0.1, 0.15) is 6.61 Å². The summed E-state index contributed by atoms with van der Waals surface area (Å²) in [6.07, 6.45) is 0.630. The van der Waals surface area contributed by atoms with Gasteiger partial charge in [-0.05, 0) is 12.5 Å². The number of hydrogen-bond acceptors (Lipinski definition) is 4. The quantitative estimate of drug-likeness (QED) is 0.820. The predicted molar refractivity (Wildman–Crippen MR) is 76.7 cm³/mol. The number of likely N-dealkylation sites (N-methyl/N-ethyl adjacent to an activating group) is 1. The van der Waals surface area contributed by atoms with Crippen molar-refractivity contribution in [1.29, 1.82) is 0 Å². The Balaban J connectivity index is 1.88. The van der Waals surface area contributed by atoms with Crippen LogP contribution in [0.5, 0.6) is 0 Å². The van der Waals surface area contributed by atoms with Crippen LogP contribution in [-0.2, 0) is 14.4 Å². The van der Waals surface area contributed by atoms with E-state index in [2.05, 4.69) is 24.2 Å². The Bertz CT molecular complexity index is 496. The number of ether oxygens (including phenoxy) is 1. The molecule has 1 atom stereocenters. The summed E-state index contributed by atoms with van der Waals surface area (Å²) in [5.41, 5.74) is 3.22. The van der Waals surface area contributed by atoms with Gasteiger partial charge in [-0.1, -0.05) is 35.0 Å². The van der Waals surface area contributed by atoms with Gasteiger partial charge in [-0.25, -0.2) is 0 Å². The summed E-state index contributed by atoms with van der Waals surface area (Å²) in [4.78, 5) is 18.6. The summed E-state index contributed by atoms with van der Waals surface area (Å²) in [5.74, 6) is -0.0557. The molecule has 1 unspecified atom stereocenters. The summed E-state index contributed by atoms with van der Waals surface area (Å²) in [7, 11) is 3.25. The van der Waals surface area contributed by atoms with Gasteiger partial charge in [0.15, 0.2) is 6.10 Å². The molecule has 108 valence electrons. The first kappa shape index (κ1) is 14.5. The normalized spacial score (nSPS) is 17.6. The van der Waals surface area contributed by atoms with E-state index in [9.17, 15) is 4.79 Å². The average Bonchev–Trinajstić information content (AvgIpc) is 2.88. The largest absolute Gasteiger partial charge is 0.390 e. The SMILES string of the molecule is COCC(=O)N(C)CC1CC(c2ccc(C)cc2)=NO1. The van der Waals surface area contributed by atoms with E-state index >= 15 is 0 Å². The van der Waals surface area contributed by atoms with Crippen molar-refractivity contribution >= 4 is 11.6 Å². The van der Waals surface area contributed by atoms with Crippen LogP contribution < -0.4 is 0 Å². The van der Waals surface area contributed by atoms with E-state index in [0.717, 1.165) is 11.3 Å². The van der Waals surface area contributed by atoms with Crippen molar-refractivity contribution in [2.45, 2.75) is 19.4 Å². The number of methoxy groups -OCH3 is 1. The molecule has 0 bridgehead atoms. The standard InChI is InChI=1S/C15H20N2O3/c1-11-4-6-12(7-5-11)14-8-13(20-16-14)9-17(2)15(18)10-19-3/h4-7,13H,8-10H2,1-3H3. The van der Waals surface area contributed by atoms with Gasteiger partial charge in [-0.15, -0.1) is 0 Å². The molecule has 0 saturated heterocycles. The van der Waals surface area contributed by atoms with Gasteiger partial charge in [-0.2, -0.15) is 0 Å². The van der Waals surface area contributed by atoms with E-state index in [-0.39, 0.29) is 18.6 Å². The third kappa shape index (κ3) is 3.57. The lowest BCUT2D eigenvalue weighted by atomic mass is 10.0. The highest BCUT2D eigenvalue weighted by Gasteiger charge is 2.24. The molecule has 0 aliphatic carbocycles. The molecule has 1 aromatic rings. The van der Waals surface area contributed by atoms with Crippen LogP contribution in [0.15, 0.2) is 29.4 Å². The number of carbonyl (C=O) groups excluding carboxylic acids is 1. The maximum Gasteiger partial charge on any atom is 0.248 e. The second-order valence-corrected chi connectivity index (χ2v) is 5.04. The van der Waals surface area contributed by atoms with Crippen LogP contribution in [0.2, 0.25) is 0 Å². The minimum Gasteiger partial charge on any atom is -0.390 e. The van der Waals surface area contributed by atoms with Crippen molar-refractivity contribution in [2.24, 2.45) is 5.16 Å². The molecular formula is C15H20N2O3. The molecule has 5 nitrogen and oxygen atoms in total. The molecule has 0 aromatic heterocycles. The topological polar surface area (TPSA) is 51.1 Å². The predicted octanol–water partition coefficient (Wildman–Crippen LogP) is 1.59. The van der Waals surface area contributed by atoms with E-state index in [0.29, 0.717) is 13.0 Å². The van der Waals surface area contributed by atoms with Crippen LogP contribution in [-0.4, -0.2) is 49.9 Å². The van der Waals surface area contributed by atoms with E-state index in [1.807, 2.05) is 12.1 Å². The molecule has 0 saturated carbocycles. The van der Waals surface area contributed by atoms with E-state index in [1.54, 1.807) is 11.9 Å². The van der Waals surface area contributed by atoms with Crippen molar-refractivity contribution in [3.63, 3.8) is 0 Å². The van der Waals surface area contributed by atoms with Crippen LogP contribution >= 0.6 is 0 Å². The van der Waals surface area contributed by atoms with Crippen molar-refractivity contribution < 1.29 is 14.4 Å². The molecule has 0 spiro atoms. The lowest BCUT2D eigenvalue weighted by Gasteiger charge is -2.19. The number of oxime groups is 1. The Labute approximate surface area is 119 Å². The molecule has 1 amide bonds. The third-order valence-electron chi connectivity index (χ3n) is 3.29. The average molecular weight is 276 g/mol. The smallest absolute Gasteiger partial charge is 0.248 e. The summed E-state index contributed by atoms with van der Waals surface area (Å²) in [5, 5.41) is 4.12. The minimum atomic E-state index is -0.0860. The molecular weight excluding hydrogens is 256 g/mol. The second kappa shape index (κ2) is 6.52. The van der Waals surface area contributed by atoms with Crippen LogP contribution in [0.1, 0.15) is 17.5 Å². The number of hydrogen-bond donors (Lipinski definition) is 0. The molecule has 2 rings (SSSR count). The highest BCUT2D eigenvalue weighted by molar-refractivity contribution is 6.01. The fourth-order valence-electron chi connectivity index (χ4n) is 2.08.